The van der Waals surface area contributed by atoms with E-state index in [4.69, 9.17) is 16.7 Å². The molecule has 0 spiro atoms. The molecule has 19 heavy (non-hydrogen) atoms. The average molecular weight is 280 g/mol. The maximum absolute atomic E-state index is 12.0. The summed E-state index contributed by atoms with van der Waals surface area (Å²) in [6.07, 6.45) is 4.33. The van der Waals surface area contributed by atoms with Crippen molar-refractivity contribution in [2.75, 3.05) is 6.54 Å². The first-order valence-electron chi connectivity index (χ1n) is 6.05. The topological polar surface area (TPSA) is 57.6 Å². The zero-order chi connectivity index (χ0) is 13.8. The SMILES string of the molecule is O=C(O)[C@H]1CCCN1C(=O)/C=C\c1ccc(Cl)cc1. The second-order valence-electron chi connectivity index (χ2n) is 4.41. The largest absolute Gasteiger partial charge is 0.480 e. The second-order valence-corrected chi connectivity index (χ2v) is 4.85. The highest BCUT2D eigenvalue weighted by Crippen LogP contribution is 2.18. The molecule has 1 aromatic carbocycles. The predicted molar refractivity (Wildman–Crippen MR) is 72.9 cm³/mol. The summed E-state index contributed by atoms with van der Waals surface area (Å²) < 4.78 is 0. The average Bonchev–Trinajstić information content (AvgIpc) is 2.87. The molecule has 5 heteroatoms. The number of carbonyl (C=O) groups is 2. The molecule has 0 radical (unpaired) electrons. The molecular weight excluding hydrogens is 266 g/mol. The molecule has 1 N–H and O–H groups in total. The Bertz CT molecular complexity index is 510. The minimum Gasteiger partial charge on any atom is -0.480 e. The molecule has 0 aromatic heterocycles. The Labute approximate surface area is 116 Å². The monoisotopic (exact) mass is 279 g/mol. The van der Waals surface area contributed by atoms with E-state index < -0.39 is 12.0 Å². The van der Waals surface area contributed by atoms with Crippen LogP contribution in [0.1, 0.15) is 18.4 Å². The maximum Gasteiger partial charge on any atom is 0.326 e. The summed E-state index contributed by atoms with van der Waals surface area (Å²) in [5.74, 6) is -1.20. The van der Waals surface area contributed by atoms with Gasteiger partial charge in [0.15, 0.2) is 0 Å². The molecular formula is C14H14ClNO3. The van der Waals surface area contributed by atoms with Crippen LogP contribution in [0.25, 0.3) is 6.08 Å². The van der Waals surface area contributed by atoms with E-state index in [0.717, 1.165) is 12.0 Å². The fourth-order valence-electron chi connectivity index (χ4n) is 2.12. The molecule has 0 aliphatic carbocycles. The highest BCUT2D eigenvalue weighted by molar-refractivity contribution is 6.30. The van der Waals surface area contributed by atoms with E-state index in [0.29, 0.717) is 18.0 Å². The van der Waals surface area contributed by atoms with Gasteiger partial charge >= 0.3 is 5.97 Å². The normalized spacial score (nSPS) is 19.0. The number of hydrogen-bond donors (Lipinski definition) is 1. The van der Waals surface area contributed by atoms with Gasteiger partial charge in [-0.15, -0.1) is 0 Å². The molecule has 0 bridgehead atoms. The first-order chi connectivity index (χ1) is 9.08. The Hall–Kier alpha value is -1.81. The molecule has 2 rings (SSSR count). The molecule has 1 atom stereocenters. The number of likely N-dealkylation sites (tertiary alicyclic amines) is 1. The van der Waals surface area contributed by atoms with Gasteiger partial charge in [0.05, 0.1) is 0 Å². The van der Waals surface area contributed by atoms with Crippen LogP contribution in [0.2, 0.25) is 5.02 Å². The number of rotatable bonds is 3. The lowest BCUT2D eigenvalue weighted by molar-refractivity contribution is -0.146. The third kappa shape index (κ3) is 3.35. The highest BCUT2D eigenvalue weighted by Gasteiger charge is 2.32. The van der Waals surface area contributed by atoms with Crippen LogP contribution in [-0.4, -0.2) is 34.5 Å². The van der Waals surface area contributed by atoms with Crippen molar-refractivity contribution in [3.05, 3.63) is 40.9 Å². The summed E-state index contributed by atoms with van der Waals surface area (Å²) in [5.41, 5.74) is 0.851. The number of nitrogens with zero attached hydrogens (tertiary/aromatic N) is 1. The van der Waals surface area contributed by atoms with Crippen molar-refractivity contribution in [1.82, 2.24) is 4.90 Å². The Balaban J connectivity index is 2.04. The van der Waals surface area contributed by atoms with E-state index in [1.807, 2.05) is 0 Å². The lowest BCUT2D eigenvalue weighted by Crippen LogP contribution is -2.39. The van der Waals surface area contributed by atoms with Gasteiger partial charge in [0.1, 0.15) is 6.04 Å². The van der Waals surface area contributed by atoms with Gasteiger partial charge in [-0.2, -0.15) is 0 Å². The second kappa shape index (κ2) is 5.89. The van der Waals surface area contributed by atoms with E-state index in [9.17, 15) is 9.59 Å². The highest BCUT2D eigenvalue weighted by atomic mass is 35.5. The van der Waals surface area contributed by atoms with Gasteiger partial charge in [0, 0.05) is 17.6 Å². The number of hydrogen-bond acceptors (Lipinski definition) is 2. The number of benzene rings is 1. The molecule has 0 unspecified atom stereocenters. The van der Waals surface area contributed by atoms with E-state index in [-0.39, 0.29) is 5.91 Å². The fourth-order valence-corrected chi connectivity index (χ4v) is 2.25. The van der Waals surface area contributed by atoms with Crippen LogP contribution in [-0.2, 0) is 9.59 Å². The van der Waals surface area contributed by atoms with E-state index in [1.165, 1.54) is 11.0 Å². The lowest BCUT2D eigenvalue weighted by atomic mass is 10.2. The summed E-state index contributed by atoms with van der Waals surface area (Å²) in [6, 6.07) is 6.38. The van der Waals surface area contributed by atoms with Crippen LogP contribution in [0.5, 0.6) is 0 Å². The minimum atomic E-state index is -0.939. The van der Waals surface area contributed by atoms with E-state index >= 15 is 0 Å². The molecule has 1 aliphatic heterocycles. The summed E-state index contributed by atoms with van der Waals surface area (Å²) in [6.45, 7) is 0.501. The lowest BCUT2D eigenvalue weighted by Gasteiger charge is -2.19. The smallest absolute Gasteiger partial charge is 0.326 e. The van der Waals surface area contributed by atoms with Crippen molar-refractivity contribution in [3.63, 3.8) is 0 Å². The van der Waals surface area contributed by atoms with Gasteiger partial charge in [-0.1, -0.05) is 23.7 Å². The zero-order valence-electron chi connectivity index (χ0n) is 10.3. The van der Waals surface area contributed by atoms with Gasteiger partial charge in [-0.25, -0.2) is 4.79 Å². The van der Waals surface area contributed by atoms with E-state index in [2.05, 4.69) is 0 Å². The number of amides is 1. The minimum absolute atomic E-state index is 0.264. The molecule has 4 nitrogen and oxygen atoms in total. The van der Waals surface area contributed by atoms with Crippen molar-refractivity contribution in [2.45, 2.75) is 18.9 Å². The first kappa shape index (κ1) is 13.6. The van der Waals surface area contributed by atoms with Crippen LogP contribution < -0.4 is 0 Å². The maximum atomic E-state index is 12.0. The summed E-state index contributed by atoms with van der Waals surface area (Å²) in [7, 11) is 0. The van der Waals surface area contributed by atoms with Gasteiger partial charge < -0.3 is 10.0 Å². The number of carbonyl (C=O) groups excluding carboxylic acids is 1. The molecule has 1 aliphatic rings. The molecule has 1 saturated heterocycles. The Morgan fingerprint density at radius 3 is 2.63 bits per heavy atom. The number of aliphatic carboxylic acids is 1. The molecule has 1 fully saturated rings. The summed E-state index contributed by atoms with van der Waals surface area (Å²) in [4.78, 5) is 24.3. The Morgan fingerprint density at radius 1 is 1.32 bits per heavy atom. The molecule has 1 aromatic rings. The standard InChI is InChI=1S/C14H14ClNO3/c15-11-6-3-10(4-7-11)5-8-13(17)16-9-1-2-12(16)14(18)19/h3-8,12H,1-2,9H2,(H,18,19)/b8-5-/t12-/m1/s1. The van der Waals surface area contributed by atoms with Gasteiger partial charge in [-0.05, 0) is 36.6 Å². The quantitative estimate of drug-likeness (QED) is 0.865. The van der Waals surface area contributed by atoms with Crippen molar-refractivity contribution < 1.29 is 14.7 Å². The van der Waals surface area contributed by atoms with Gasteiger partial charge in [0.25, 0.3) is 0 Å². The van der Waals surface area contributed by atoms with Crippen LogP contribution in [0.4, 0.5) is 0 Å². The summed E-state index contributed by atoms with van der Waals surface area (Å²) >= 11 is 5.77. The number of carboxylic acids is 1. The summed E-state index contributed by atoms with van der Waals surface area (Å²) in [5, 5.41) is 9.65. The molecule has 1 amide bonds. The van der Waals surface area contributed by atoms with Crippen LogP contribution in [0.3, 0.4) is 0 Å². The third-order valence-electron chi connectivity index (χ3n) is 3.11. The van der Waals surface area contributed by atoms with Gasteiger partial charge in [-0.3, -0.25) is 4.79 Å². The molecule has 0 saturated carbocycles. The van der Waals surface area contributed by atoms with Crippen LogP contribution >= 0.6 is 11.6 Å². The van der Waals surface area contributed by atoms with Crippen LogP contribution in [0, 0.1) is 0 Å². The fraction of sp³-hybridized carbons (Fsp3) is 0.286. The Morgan fingerprint density at radius 2 is 2.00 bits per heavy atom. The number of halogens is 1. The van der Waals surface area contributed by atoms with Crippen molar-refractivity contribution >= 4 is 29.6 Å². The van der Waals surface area contributed by atoms with Crippen molar-refractivity contribution in [1.29, 1.82) is 0 Å². The molecule has 100 valence electrons. The zero-order valence-corrected chi connectivity index (χ0v) is 11.0. The predicted octanol–water partition coefficient (Wildman–Crippen LogP) is 2.43. The number of carboxylic acid groups (broad SMARTS) is 1. The van der Waals surface area contributed by atoms with Crippen LogP contribution in [0.15, 0.2) is 30.3 Å². The van der Waals surface area contributed by atoms with Crippen molar-refractivity contribution in [3.8, 4) is 0 Å². The van der Waals surface area contributed by atoms with Gasteiger partial charge in [0.2, 0.25) is 5.91 Å². The van der Waals surface area contributed by atoms with Crippen molar-refractivity contribution in [2.24, 2.45) is 0 Å². The molecule has 1 heterocycles. The third-order valence-corrected chi connectivity index (χ3v) is 3.36. The van der Waals surface area contributed by atoms with E-state index in [1.54, 1.807) is 30.3 Å². The first-order valence-corrected chi connectivity index (χ1v) is 6.43. The Kier molecular flexibility index (Phi) is 4.22.